The standard InChI is InChI=1S/C16H22F3NO3S.2C2H6/c1-10(2)20(4)15-8-5-11(3)14-9-12(6-7-13(14)15)23-24(21,22)16(17,18)19;2*1-2/h6-7,9-11,15H,5,8H2,1-4H3;2*1-2H3. The average molecular weight is 426 g/mol. The Kier molecular flexibility index (Phi) is 10.5. The van der Waals surface area contributed by atoms with E-state index in [0.29, 0.717) is 6.04 Å². The zero-order valence-electron chi connectivity index (χ0n) is 18.1. The minimum atomic E-state index is -5.65. The maximum Gasteiger partial charge on any atom is 0.534 e. The Hall–Kier alpha value is -1.28. The summed E-state index contributed by atoms with van der Waals surface area (Å²) in [4.78, 5) is 2.21. The summed E-state index contributed by atoms with van der Waals surface area (Å²) in [6.45, 7) is 14.1. The predicted molar refractivity (Wildman–Crippen MR) is 108 cm³/mol. The lowest BCUT2D eigenvalue weighted by Crippen LogP contribution is -2.33. The van der Waals surface area contributed by atoms with Crippen molar-refractivity contribution in [1.82, 2.24) is 4.90 Å². The third kappa shape index (κ3) is 6.37. The van der Waals surface area contributed by atoms with Crippen LogP contribution >= 0.6 is 0 Å². The Labute approximate surface area is 168 Å². The summed E-state index contributed by atoms with van der Waals surface area (Å²) < 4.78 is 64.0. The summed E-state index contributed by atoms with van der Waals surface area (Å²) >= 11 is 0. The molecule has 0 fully saturated rings. The maximum atomic E-state index is 12.5. The molecule has 1 aromatic carbocycles. The summed E-state index contributed by atoms with van der Waals surface area (Å²) in [7, 11) is -3.64. The second-order valence-corrected chi connectivity index (χ2v) is 8.07. The largest absolute Gasteiger partial charge is 0.534 e. The van der Waals surface area contributed by atoms with E-state index in [1.54, 1.807) is 6.07 Å². The van der Waals surface area contributed by atoms with Gasteiger partial charge in [0.2, 0.25) is 0 Å². The Morgan fingerprint density at radius 2 is 1.61 bits per heavy atom. The number of alkyl halides is 3. The normalized spacial score (nSPS) is 19.2. The molecule has 0 aliphatic heterocycles. The molecular weight excluding hydrogens is 391 g/mol. The minimum Gasteiger partial charge on any atom is -0.376 e. The smallest absolute Gasteiger partial charge is 0.376 e. The number of benzene rings is 1. The number of rotatable bonds is 4. The van der Waals surface area contributed by atoms with E-state index in [2.05, 4.69) is 22.9 Å². The van der Waals surface area contributed by atoms with Crippen molar-refractivity contribution in [2.75, 3.05) is 7.05 Å². The van der Waals surface area contributed by atoms with Crippen LogP contribution < -0.4 is 4.18 Å². The molecule has 4 nitrogen and oxygen atoms in total. The zero-order chi connectivity index (χ0) is 22.3. The molecule has 1 aliphatic carbocycles. The fraction of sp³-hybridized carbons (Fsp3) is 0.700. The molecule has 0 heterocycles. The lowest BCUT2D eigenvalue weighted by Gasteiger charge is -2.38. The number of fused-ring (bicyclic) bond motifs is 1. The first-order valence-corrected chi connectivity index (χ1v) is 11.2. The van der Waals surface area contributed by atoms with Crippen LogP contribution in [0.5, 0.6) is 5.75 Å². The van der Waals surface area contributed by atoms with Crippen molar-refractivity contribution < 1.29 is 25.8 Å². The van der Waals surface area contributed by atoms with Gasteiger partial charge in [0.25, 0.3) is 0 Å². The highest BCUT2D eigenvalue weighted by Crippen LogP contribution is 2.42. The third-order valence-electron chi connectivity index (χ3n) is 4.62. The first-order chi connectivity index (χ1) is 12.9. The number of hydrogen-bond acceptors (Lipinski definition) is 4. The Morgan fingerprint density at radius 3 is 2.07 bits per heavy atom. The molecule has 0 spiro atoms. The van der Waals surface area contributed by atoms with Crippen molar-refractivity contribution >= 4 is 10.1 Å². The van der Waals surface area contributed by atoms with E-state index < -0.39 is 15.6 Å². The first-order valence-electron chi connectivity index (χ1n) is 9.80. The van der Waals surface area contributed by atoms with Crippen molar-refractivity contribution in [3.63, 3.8) is 0 Å². The van der Waals surface area contributed by atoms with Crippen molar-refractivity contribution in [1.29, 1.82) is 0 Å². The molecule has 0 saturated carbocycles. The van der Waals surface area contributed by atoms with Crippen molar-refractivity contribution in [3.05, 3.63) is 29.3 Å². The Bertz CT molecular complexity index is 703. The highest BCUT2D eigenvalue weighted by Gasteiger charge is 2.48. The van der Waals surface area contributed by atoms with E-state index >= 15 is 0 Å². The van der Waals surface area contributed by atoms with Gasteiger partial charge < -0.3 is 4.18 Å². The van der Waals surface area contributed by atoms with Gasteiger partial charge in [0.1, 0.15) is 5.75 Å². The number of nitrogens with zero attached hydrogens (tertiary/aromatic N) is 1. The van der Waals surface area contributed by atoms with Crippen molar-refractivity contribution in [2.24, 2.45) is 0 Å². The van der Waals surface area contributed by atoms with Gasteiger partial charge in [0, 0.05) is 12.1 Å². The first kappa shape index (κ1) is 26.7. The van der Waals surface area contributed by atoms with Crippen LogP contribution in [0.1, 0.15) is 84.4 Å². The molecule has 0 aromatic heterocycles. The summed E-state index contributed by atoms with van der Waals surface area (Å²) in [5.41, 5.74) is -3.58. The van der Waals surface area contributed by atoms with Crippen LogP contribution in [0.25, 0.3) is 0 Å². The zero-order valence-corrected chi connectivity index (χ0v) is 18.9. The molecule has 0 N–H and O–H groups in total. The van der Waals surface area contributed by atoms with Gasteiger partial charge in [-0.15, -0.1) is 0 Å². The molecule has 28 heavy (non-hydrogen) atoms. The van der Waals surface area contributed by atoms with Gasteiger partial charge >= 0.3 is 15.6 Å². The third-order valence-corrected chi connectivity index (χ3v) is 5.60. The Morgan fingerprint density at radius 1 is 1.07 bits per heavy atom. The van der Waals surface area contributed by atoms with Gasteiger partial charge in [-0.25, -0.2) is 0 Å². The lowest BCUT2D eigenvalue weighted by molar-refractivity contribution is -0.0500. The Balaban J connectivity index is 0.00000171. The van der Waals surface area contributed by atoms with Crippen LogP contribution in [0.4, 0.5) is 13.2 Å². The molecule has 164 valence electrons. The van der Waals surface area contributed by atoms with Gasteiger partial charge in [-0.05, 0) is 62.9 Å². The predicted octanol–water partition coefficient (Wildman–Crippen LogP) is 6.25. The van der Waals surface area contributed by atoms with E-state index in [4.69, 9.17) is 0 Å². The van der Waals surface area contributed by atoms with Gasteiger partial charge in [-0.1, -0.05) is 40.7 Å². The van der Waals surface area contributed by atoms with Crippen LogP contribution in [-0.4, -0.2) is 31.9 Å². The summed E-state index contributed by atoms with van der Waals surface area (Å²) in [6, 6.07) is 4.86. The van der Waals surface area contributed by atoms with Crippen LogP contribution in [0.15, 0.2) is 18.2 Å². The number of halogens is 3. The molecular formula is C20H34F3NO3S. The van der Waals surface area contributed by atoms with Gasteiger partial charge in [0.15, 0.2) is 0 Å². The molecule has 0 radical (unpaired) electrons. The molecule has 0 amide bonds. The SMILES string of the molecule is CC.CC.CC1CCC(N(C)C(C)C)c2ccc(OS(=O)(=O)C(F)(F)F)cc21. The monoisotopic (exact) mass is 425 g/mol. The highest BCUT2D eigenvalue weighted by atomic mass is 32.2. The molecule has 0 saturated heterocycles. The molecule has 1 aliphatic rings. The molecule has 2 atom stereocenters. The van der Waals surface area contributed by atoms with Gasteiger partial charge in [-0.3, -0.25) is 4.90 Å². The van der Waals surface area contributed by atoms with Crippen LogP contribution in [0.3, 0.4) is 0 Å². The molecule has 2 unspecified atom stereocenters. The highest BCUT2D eigenvalue weighted by molar-refractivity contribution is 7.88. The van der Waals surface area contributed by atoms with Gasteiger partial charge in [0.05, 0.1) is 0 Å². The quantitative estimate of drug-likeness (QED) is 0.423. The van der Waals surface area contributed by atoms with E-state index in [1.165, 1.54) is 12.1 Å². The fourth-order valence-corrected chi connectivity index (χ4v) is 3.46. The van der Waals surface area contributed by atoms with Crippen LogP contribution in [0.2, 0.25) is 0 Å². The molecule has 2 rings (SSSR count). The topological polar surface area (TPSA) is 46.6 Å². The molecule has 0 bridgehead atoms. The summed E-state index contributed by atoms with van der Waals surface area (Å²) in [5.74, 6) is -0.167. The van der Waals surface area contributed by atoms with Crippen molar-refractivity contribution in [2.45, 2.75) is 84.8 Å². The van der Waals surface area contributed by atoms with Gasteiger partial charge in [-0.2, -0.15) is 21.6 Å². The van der Waals surface area contributed by atoms with E-state index in [1.807, 2.05) is 41.7 Å². The number of hydrogen-bond donors (Lipinski definition) is 0. The van der Waals surface area contributed by atoms with Crippen molar-refractivity contribution in [3.8, 4) is 5.75 Å². The second-order valence-electron chi connectivity index (χ2n) is 6.53. The van der Waals surface area contributed by atoms with E-state index in [9.17, 15) is 21.6 Å². The lowest BCUT2D eigenvalue weighted by atomic mass is 9.80. The molecule has 8 heteroatoms. The second kappa shape index (κ2) is 11.0. The fourth-order valence-electron chi connectivity index (χ4n) is 3.01. The van der Waals surface area contributed by atoms with Crippen LogP contribution in [0, 0.1) is 0 Å². The summed E-state index contributed by atoms with van der Waals surface area (Å²) in [5, 5.41) is 0. The minimum absolute atomic E-state index is 0.133. The molecule has 1 aromatic rings. The summed E-state index contributed by atoms with van der Waals surface area (Å²) in [6.07, 6.45) is 1.83. The average Bonchev–Trinajstić information content (AvgIpc) is 2.64. The van der Waals surface area contributed by atoms with E-state index in [0.717, 1.165) is 24.0 Å². The maximum absolute atomic E-state index is 12.5. The van der Waals surface area contributed by atoms with E-state index in [-0.39, 0.29) is 17.7 Å². The van der Waals surface area contributed by atoms with Crippen LogP contribution in [-0.2, 0) is 10.1 Å².